The van der Waals surface area contributed by atoms with E-state index in [9.17, 15) is 9.13 Å². The molecule has 8 heteroatoms. The minimum Gasteiger partial charge on any atom is -0.310 e. The van der Waals surface area contributed by atoms with Crippen molar-refractivity contribution in [3.8, 4) is 0 Å². The van der Waals surface area contributed by atoms with Crippen LogP contribution in [-0.4, -0.2) is 16.3 Å². The minimum absolute atomic E-state index is 0.296. The van der Waals surface area contributed by atoms with Crippen molar-refractivity contribution in [2.75, 3.05) is 6.54 Å². The highest BCUT2D eigenvalue weighted by Gasteiger charge is 2.31. The maximum atomic E-state index is 10.9. The van der Waals surface area contributed by atoms with Crippen molar-refractivity contribution in [2.45, 2.75) is 26.2 Å². The van der Waals surface area contributed by atoms with E-state index < -0.39 is 16.0 Å². The van der Waals surface area contributed by atoms with Gasteiger partial charge in [0.25, 0.3) is 0 Å². The van der Waals surface area contributed by atoms with Crippen LogP contribution >= 0.6 is 16.0 Å². The number of hydrogen-bond acceptors (Lipinski definition) is 3. The molecule has 0 aliphatic heterocycles. The lowest BCUT2D eigenvalue weighted by Crippen LogP contribution is -2.11. The second-order valence-electron chi connectivity index (χ2n) is 2.46. The Morgan fingerprint density at radius 1 is 1.54 bits per heavy atom. The average molecular weight is 230 g/mol. The first kappa shape index (κ1) is 13.2. The Bertz CT molecular complexity index is 209. The standard InChI is InChI=1S/C5H13NO5P2/c1-2-3-4-5-6-13(9,10)11-12(7)8/h2-5H2,1H3,(H2-,6,7,8,9,10)/p+1. The lowest BCUT2D eigenvalue weighted by molar-refractivity contribution is 0.338. The van der Waals surface area contributed by atoms with Crippen molar-refractivity contribution in [1.82, 2.24) is 5.09 Å². The largest absolute Gasteiger partial charge is 0.704 e. The van der Waals surface area contributed by atoms with Crippen molar-refractivity contribution in [3.05, 3.63) is 0 Å². The van der Waals surface area contributed by atoms with E-state index in [2.05, 4.69) is 9.40 Å². The van der Waals surface area contributed by atoms with Crippen molar-refractivity contribution in [1.29, 1.82) is 0 Å². The van der Waals surface area contributed by atoms with Crippen LogP contribution in [0.15, 0.2) is 0 Å². The van der Waals surface area contributed by atoms with Crippen LogP contribution in [0.2, 0.25) is 0 Å². The molecule has 0 amide bonds. The van der Waals surface area contributed by atoms with Gasteiger partial charge in [-0.05, 0) is 10.7 Å². The molecule has 0 spiro atoms. The highest BCUT2D eigenvalue weighted by Crippen LogP contribution is 2.45. The molecule has 0 aromatic heterocycles. The Kier molecular flexibility index (Phi) is 6.68. The zero-order chi connectivity index (χ0) is 10.3. The molecule has 0 saturated carbocycles. The third kappa shape index (κ3) is 8.50. The third-order valence-electron chi connectivity index (χ3n) is 1.27. The van der Waals surface area contributed by atoms with Crippen molar-refractivity contribution < 1.29 is 23.2 Å². The highest BCUT2D eigenvalue weighted by atomic mass is 31.2. The molecule has 2 atom stereocenters. The van der Waals surface area contributed by atoms with Crippen LogP contribution < -0.4 is 5.09 Å². The highest BCUT2D eigenvalue weighted by molar-refractivity contribution is 7.58. The lowest BCUT2D eigenvalue weighted by atomic mass is 10.3. The predicted octanol–water partition coefficient (Wildman–Crippen LogP) is 1.53. The number of rotatable bonds is 7. The summed E-state index contributed by atoms with van der Waals surface area (Å²) in [5, 5.41) is 2.17. The van der Waals surface area contributed by atoms with Crippen LogP contribution in [0.1, 0.15) is 26.2 Å². The van der Waals surface area contributed by atoms with E-state index in [0.717, 1.165) is 19.3 Å². The van der Waals surface area contributed by atoms with Crippen LogP contribution in [0, 0.1) is 0 Å². The molecule has 3 N–H and O–H groups in total. The number of hydrogen-bond donors (Lipinski definition) is 3. The summed E-state index contributed by atoms with van der Waals surface area (Å²) in [6.45, 7) is 2.30. The molecule has 0 aromatic carbocycles. The zero-order valence-electron chi connectivity index (χ0n) is 7.34. The Morgan fingerprint density at radius 2 is 2.15 bits per heavy atom. The maximum absolute atomic E-state index is 10.9. The summed E-state index contributed by atoms with van der Waals surface area (Å²) >= 11 is 0. The lowest BCUT2D eigenvalue weighted by Gasteiger charge is -2.04. The summed E-state index contributed by atoms with van der Waals surface area (Å²) < 4.78 is 24.8. The van der Waals surface area contributed by atoms with E-state index in [1.807, 2.05) is 6.92 Å². The van der Waals surface area contributed by atoms with Gasteiger partial charge in [-0.2, -0.15) is 0 Å². The molecule has 0 aromatic rings. The van der Waals surface area contributed by atoms with Crippen LogP contribution in [0.4, 0.5) is 0 Å². The van der Waals surface area contributed by atoms with Crippen LogP contribution in [-0.2, 0) is 13.4 Å². The van der Waals surface area contributed by atoms with Gasteiger partial charge in [-0.3, -0.25) is 0 Å². The van der Waals surface area contributed by atoms with E-state index >= 15 is 0 Å². The Hall–Kier alpha value is 0.170. The normalized spacial score (nSPS) is 16.7. The van der Waals surface area contributed by atoms with Crippen LogP contribution in [0.3, 0.4) is 0 Å². The Labute approximate surface area is 77.8 Å². The van der Waals surface area contributed by atoms with Gasteiger partial charge in [0, 0.05) is 11.1 Å². The fourth-order valence-electron chi connectivity index (χ4n) is 0.719. The Morgan fingerprint density at radius 3 is 2.62 bits per heavy atom. The summed E-state index contributed by atoms with van der Waals surface area (Å²) in [5.41, 5.74) is 0. The van der Waals surface area contributed by atoms with Crippen molar-refractivity contribution in [3.63, 3.8) is 0 Å². The van der Waals surface area contributed by atoms with E-state index in [1.54, 1.807) is 0 Å². The number of unbranched alkanes of at least 4 members (excludes halogenated alkanes) is 2. The minimum atomic E-state index is -4.07. The molecule has 0 radical (unpaired) electrons. The average Bonchev–Trinajstić information content (AvgIpc) is 1.95. The molecule has 78 valence electrons. The molecule has 6 nitrogen and oxygen atoms in total. The van der Waals surface area contributed by atoms with Gasteiger partial charge in [-0.15, -0.1) is 4.89 Å². The summed E-state index contributed by atoms with van der Waals surface area (Å²) in [6.07, 6.45) is 2.65. The van der Waals surface area contributed by atoms with Crippen LogP contribution in [0.25, 0.3) is 0 Å². The van der Waals surface area contributed by atoms with E-state index in [-0.39, 0.29) is 0 Å². The van der Waals surface area contributed by atoms with Crippen molar-refractivity contribution >= 4 is 16.0 Å². The molecule has 0 rings (SSSR count). The van der Waals surface area contributed by atoms with Gasteiger partial charge in [-0.1, -0.05) is 19.8 Å². The fourth-order valence-corrected chi connectivity index (χ4v) is 2.15. The zero-order valence-corrected chi connectivity index (χ0v) is 9.13. The fraction of sp³-hybridized carbons (Fsp3) is 1.00. The summed E-state index contributed by atoms with van der Waals surface area (Å²) in [4.78, 5) is 17.1. The molecular formula is C5H14NO5P2+. The molecule has 2 unspecified atom stereocenters. The smallest absolute Gasteiger partial charge is 0.310 e. The maximum Gasteiger partial charge on any atom is 0.704 e. The van der Waals surface area contributed by atoms with Crippen molar-refractivity contribution in [2.24, 2.45) is 0 Å². The second kappa shape index (κ2) is 6.60. The summed E-state index contributed by atoms with van der Waals surface area (Å²) in [6, 6.07) is 0. The third-order valence-corrected chi connectivity index (χ3v) is 3.34. The van der Waals surface area contributed by atoms with Gasteiger partial charge in [0.1, 0.15) is 0 Å². The van der Waals surface area contributed by atoms with Crippen LogP contribution in [0.5, 0.6) is 0 Å². The Balaban J connectivity index is 3.63. The first-order valence-corrected chi connectivity index (χ1v) is 6.62. The molecular weight excluding hydrogens is 216 g/mol. The quantitative estimate of drug-likeness (QED) is 0.453. The van der Waals surface area contributed by atoms with E-state index in [0.29, 0.717) is 6.54 Å². The predicted molar refractivity (Wildman–Crippen MR) is 48.3 cm³/mol. The summed E-state index contributed by atoms with van der Waals surface area (Å²) in [5.74, 6) is 0. The molecule has 0 bridgehead atoms. The monoisotopic (exact) mass is 230 g/mol. The first-order valence-electron chi connectivity index (χ1n) is 3.91. The van der Waals surface area contributed by atoms with Gasteiger partial charge < -0.3 is 4.89 Å². The molecule has 13 heavy (non-hydrogen) atoms. The van der Waals surface area contributed by atoms with Gasteiger partial charge in [0.2, 0.25) is 0 Å². The van der Waals surface area contributed by atoms with Gasteiger partial charge in [-0.25, -0.2) is 9.65 Å². The van der Waals surface area contributed by atoms with E-state index in [4.69, 9.17) is 9.79 Å². The first-order chi connectivity index (χ1) is 5.98. The molecule has 0 heterocycles. The molecule has 0 aliphatic carbocycles. The second-order valence-corrected chi connectivity index (χ2v) is 4.94. The molecule has 0 saturated heterocycles. The SMILES string of the molecule is CCCCCNP(=O)(O)O[P+](=O)O. The van der Waals surface area contributed by atoms with Gasteiger partial charge in [0.15, 0.2) is 0 Å². The molecule has 0 fully saturated rings. The summed E-state index contributed by atoms with van der Waals surface area (Å²) in [7, 11) is -7.11. The van der Waals surface area contributed by atoms with Gasteiger partial charge >= 0.3 is 16.0 Å². The molecule has 0 aliphatic rings. The topological polar surface area (TPSA) is 95.9 Å². The van der Waals surface area contributed by atoms with E-state index in [1.165, 1.54) is 0 Å². The number of nitrogens with one attached hydrogen (secondary N) is 1. The van der Waals surface area contributed by atoms with Gasteiger partial charge in [0.05, 0.1) is 0 Å².